The maximum Gasteiger partial charge on any atom is 0.124 e. The fourth-order valence-electron chi connectivity index (χ4n) is 1.75. The van der Waals surface area contributed by atoms with Gasteiger partial charge in [0, 0.05) is 0 Å². The zero-order valence-corrected chi connectivity index (χ0v) is 10.5. The van der Waals surface area contributed by atoms with Crippen molar-refractivity contribution in [2.24, 2.45) is 0 Å². The molecule has 1 saturated heterocycles. The van der Waals surface area contributed by atoms with Crippen LogP contribution in [-0.2, 0) is 14.2 Å². The molecular weight excluding hydrogens is 204 g/mol. The Balaban J connectivity index is 2.31. The molecule has 16 heavy (non-hydrogen) atoms. The molecule has 3 nitrogen and oxygen atoms in total. The van der Waals surface area contributed by atoms with Gasteiger partial charge < -0.3 is 14.2 Å². The topological polar surface area (TPSA) is 31.0 Å². The summed E-state index contributed by atoms with van der Waals surface area (Å²) in [5.41, 5.74) is 0. The van der Waals surface area contributed by atoms with Gasteiger partial charge in [-0.2, -0.15) is 0 Å². The third-order valence-corrected chi connectivity index (χ3v) is 2.83. The van der Waals surface area contributed by atoms with Gasteiger partial charge >= 0.3 is 0 Å². The maximum absolute atomic E-state index is 5.83. The van der Waals surface area contributed by atoms with Crippen molar-refractivity contribution in [1.82, 2.24) is 0 Å². The molecule has 0 aliphatic carbocycles. The average Bonchev–Trinajstić information content (AvgIpc) is 3.10. The van der Waals surface area contributed by atoms with Crippen LogP contribution in [0.25, 0.3) is 0 Å². The molecule has 94 valence electrons. The molecule has 0 bridgehead atoms. The summed E-state index contributed by atoms with van der Waals surface area (Å²) in [6.07, 6.45) is 6.50. The van der Waals surface area contributed by atoms with Crippen molar-refractivity contribution >= 4 is 0 Å². The number of epoxide rings is 1. The molecule has 1 heterocycles. The van der Waals surface area contributed by atoms with Crippen molar-refractivity contribution in [3.05, 3.63) is 12.8 Å². The van der Waals surface area contributed by atoms with E-state index in [9.17, 15) is 0 Å². The lowest BCUT2D eigenvalue weighted by Crippen LogP contribution is -2.31. The van der Waals surface area contributed by atoms with E-state index in [2.05, 4.69) is 20.4 Å². The van der Waals surface area contributed by atoms with Crippen molar-refractivity contribution in [1.29, 1.82) is 0 Å². The molecule has 0 radical (unpaired) electrons. The molecule has 1 aliphatic heterocycles. The normalized spacial score (nSPS) is 22.5. The highest BCUT2D eigenvalue weighted by Gasteiger charge is 2.27. The van der Waals surface area contributed by atoms with E-state index < -0.39 is 0 Å². The van der Waals surface area contributed by atoms with Crippen molar-refractivity contribution in [3.8, 4) is 0 Å². The summed E-state index contributed by atoms with van der Waals surface area (Å²) in [4.78, 5) is 0. The minimum atomic E-state index is 0.140. The minimum absolute atomic E-state index is 0.140. The van der Waals surface area contributed by atoms with Crippen LogP contribution in [0.15, 0.2) is 12.8 Å². The molecule has 3 unspecified atom stereocenters. The van der Waals surface area contributed by atoms with Gasteiger partial charge in [0.05, 0.1) is 25.6 Å². The summed E-state index contributed by atoms with van der Waals surface area (Å²) in [6.45, 7) is 9.49. The Hall–Kier alpha value is -0.540. The Morgan fingerprint density at radius 3 is 2.69 bits per heavy atom. The Morgan fingerprint density at radius 1 is 1.44 bits per heavy atom. The summed E-state index contributed by atoms with van der Waals surface area (Å²) in [6, 6.07) is 0. The van der Waals surface area contributed by atoms with E-state index >= 15 is 0 Å². The standard InChI is InChI=1S/C13H24O3/c1-4-7-8-13(14-6-3)12(5-2)16-10-11-9-15-11/h6,11-13H,3-5,7-10H2,1-2H3. The number of hydrogen-bond donors (Lipinski definition) is 0. The third-order valence-electron chi connectivity index (χ3n) is 2.83. The monoisotopic (exact) mass is 228 g/mol. The number of ether oxygens (including phenoxy) is 3. The first kappa shape index (κ1) is 13.5. The predicted molar refractivity (Wildman–Crippen MR) is 64.4 cm³/mol. The van der Waals surface area contributed by atoms with Crippen molar-refractivity contribution in [2.75, 3.05) is 13.2 Å². The van der Waals surface area contributed by atoms with E-state index in [1.165, 1.54) is 12.7 Å². The SMILES string of the molecule is C=COC(CCCC)C(CC)OCC1CO1. The zero-order chi connectivity index (χ0) is 11.8. The second-order valence-corrected chi connectivity index (χ2v) is 4.22. The molecule has 1 aliphatic rings. The molecule has 0 aromatic carbocycles. The fourth-order valence-corrected chi connectivity index (χ4v) is 1.75. The van der Waals surface area contributed by atoms with Crippen LogP contribution in [0.5, 0.6) is 0 Å². The van der Waals surface area contributed by atoms with Gasteiger partial charge in [0.25, 0.3) is 0 Å². The Kier molecular flexibility index (Phi) is 6.50. The van der Waals surface area contributed by atoms with Gasteiger partial charge in [0.1, 0.15) is 12.2 Å². The van der Waals surface area contributed by atoms with Gasteiger partial charge in [-0.05, 0) is 19.3 Å². The highest BCUT2D eigenvalue weighted by atomic mass is 16.6. The first-order valence-electron chi connectivity index (χ1n) is 6.31. The van der Waals surface area contributed by atoms with E-state index in [1.807, 2.05) is 0 Å². The smallest absolute Gasteiger partial charge is 0.124 e. The van der Waals surface area contributed by atoms with Gasteiger partial charge in [-0.15, -0.1) is 0 Å². The lowest BCUT2D eigenvalue weighted by molar-refractivity contribution is -0.0521. The first-order valence-corrected chi connectivity index (χ1v) is 6.31. The number of unbranched alkanes of at least 4 members (excludes halogenated alkanes) is 1. The van der Waals surface area contributed by atoms with E-state index in [0.717, 1.165) is 25.9 Å². The molecule has 0 aromatic heterocycles. The molecule has 3 atom stereocenters. The predicted octanol–water partition coefficient (Wildman–Crippen LogP) is 2.90. The lowest BCUT2D eigenvalue weighted by Gasteiger charge is -2.25. The summed E-state index contributed by atoms with van der Waals surface area (Å²) >= 11 is 0. The Bertz CT molecular complexity index is 190. The molecule has 3 heteroatoms. The van der Waals surface area contributed by atoms with E-state index in [1.54, 1.807) is 0 Å². The van der Waals surface area contributed by atoms with Crippen molar-refractivity contribution in [2.45, 2.75) is 57.8 Å². The number of hydrogen-bond acceptors (Lipinski definition) is 3. The van der Waals surface area contributed by atoms with Gasteiger partial charge in [-0.25, -0.2) is 0 Å². The number of rotatable bonds is 10. The molecule has 0 spiro atoms. The van der Waals surface area contributed by atoms with Gasteiger partial charge in [0.15, 0.2) is 0 Å². The van der Waals surface area contributed by atoms with Crippen LogP contribution in [0.4, 0.5) is 0 Å². The molecular formula is C13H24O3. The van der Waals surface area contributed by atoms with Crippen LogP contribution < -0.4 is 0 Å². The summed E-state index contributed by atoms with van der Waals surface area (Å²) < 4.78 is 16.5. The summed E-state index contributed by atoms with van der Waals surface area (Å²) in [7, 11) is 0. The molecule has 1 rings (SSSR count). The van der Waals surface area contributed by atoms with Crippen LogP contribution in [0.2, 0.25) is 0 Å². The highest BCUT2D eigenvalue weighted by Crippen LogP contribution is 2.18. The lowest BCUT2D eigenvalue weighted by atomic mass is 10.0. The highest BCUT2D eigenvalue weighted by molar-refractivity contribution is 4.75. The van der Waals surface area contributed by atoms with E-state index in [0.29, 0.717) is 12.7 Å². The van der Waals surface area contributed by atoms with Gasteiger partial charge in [0.2, 0.25) is 0 Å². The summed E-state index contributed by atoms with van der Waals surface area (Å²) in [5, 5.41) is 0. The summed E-state index contributed by atoms with van der Waals surface area (Å²) in [5.74, 6) is 0. The molecule has 1 fully saturated rings. The first-order chi connectivity index (χ1) is 7.81. The third kappa shape index (κ3) is 4.99. The van der Waals surface area contributed by atoms with E-state index in [4.69, 9.17) is 14.2 Å². The van der Waals surface area contributed by atoms with E-state index in [-0.39, 0.29) is 12.2 Å². The second-order valence-electron chi connectivity index (χ2n) is 4.22. The largest absolute Gasteiger partial charge is 0.496 e. The second kappa shape index (κ2) is 7.69. The van der Waals surface area contributed by atoms with Crippen LogP contribution in [0, 0.1) is 0 Å². The quantitative estimate of drug-likeness (QED) is 0.425. The average molecular weight is 228 g/mol. The Morgan fingerprint density at radius 2 is 2.19 bits per heavy atom. The van der Waals surface area contributed by atoms with Crippen LogP contribution in [0.1, 0.15) is 39.5 Å². The van der Waals surface area contributed by atoms with Crippen molar-refractivity contribution < 1.29 is 14.2 Å². The van der Waals surface area contributed by atoms with Crippen LogP contribution in [-0.4, -0.2) is 31.5 Å². The molecule has 0 saturated carbocycles. The van der Waals surface area contributed by atoms with Crippen LogP contribution >= 0.6 is 0 Å². The fraction of sp³-hybridized carbons (Fsp3) is 0.846. The maximum atomic E-state index is 5.83. The van der Waals surface area contributed by atoms with Gasteiger partial charge in [-0.1, -0.05) is 26.8 Å². The van der Waals surface area contributed by atoms with Crippen molar-refractivity contribution in [3.63, 3.8) is 0 Å². The van der Waals surface area contributed by atoms with Crippen LogP contribution in [0.3, 0.4) is 0 Å². The zero-order valence-electron chi connectivity index (χ0n) is 10.5. The molecule has 0 N–H and O–H groups in total. The molecule has 0 amide bonds. The molecule has 0 aromatic rings. The minimum Gasteiger partial charge on any atom is -0.496 e. The Labute approximate surface area is 98.8 Å². The van der Waals surface area contributed by atoms with Gasteiger partial charge in [-0.3, -0.25) is 0 Å².